The monoisotopic (exact) mass is 540 g/mol. The summed E-state index contributed by atoms with van der Waals surface area (Å²) in [5.74, 6) is -0.193. The minimum absolute atomic E-state index is 0.00423. The molecule has 4 aromatic rings. The van der Waals surface area contributed by atoms with Gasteiger partial charge in [-0.2, -0.15) is 0 Å². The van der Waals surface area contributed by atoms with Gasteiger partial charge in [0.1, 0.15) is 6.61 Å². The molecule has 4 heterocycles. The van der Waals surface area contributed by atoms with Gasteiger partial charge in [-0.1, -0.05) is 6.07 Å². The van der Waals surface area contributed by atoms with Crippen LogP contribution in [0.2, 0.25) is 0 Å². The van der Waals surface area contributed by atoms with Gasteiger partial charge in [0.25, 0.3) is 0 Å². The highest BCUT2D eigenvalue weighted by molar-refractivity contribution is 7.80. The van der Waals surface area contributed by atoms with Gasteiger partial charge in [0.2, 0.25) is 5.91 Å². The molecule has 200 valence electrons. The Balaban J connectivity index is 1.56. The van der Waals surface area contributed by atoms with Crippen molar-refractivity contribution in [2.45, 2.75) is 39.4 Å². The summed E-state index contributed by atoms with van der Waals surface area (Å²) in [7, 11) is 1.50. The van der Waals surface area contributed by atoms with Crippen molar-refractivity contribution in [3.63, 3.8) is 0 Å². The fourth-order valence-electron chi connectivity index (χ4n) is 5.25. The molecule has 0 spiro atoms. The first kappa shape index (κ1) is 26.5. The lowest BCUT2D eigenvalue weighted by atomic mass is 9.96. The highest BCUT2D eigenvalue weighted by Gasteiger charge is 2.42. The number of aryl methyl sites for hydroxylation is 2. The maximum Gasteiger partial charge on any atom is 0.250 e. The topological polar surface area (TPSA) is 84.3 Å². The van der Waals surface area contributed by atoms with E-state index in [4.69, 9.17) is 17.0 Å². The van der Waals surface area contributed by atoms with Gasteiger partial charge in [0.05, 0.1) is 17.8 Å². The minimum Gasteiger partial charge on any atom is -0.375 e. The summed E-state index contributed by atoms with van der Waals surface area (Å²) in [5.41, 5.74) is 8.26. The highest BCUT2D eigenvalue weighted by atomic mass is 32.1. The quantitative estimate of drug-likeness (QED) is 0.304. The van der Waals surface area contributed by atoms with Crippen LogP contribution in [0.5, 0.6) is 0 Å². The third kappa shape index (κ3) is 5.41. The number of aromatic nitrogens is 3. The molecule has 1 saturated heterocycles. The van der Waals surface area contributed by atoms with E-state index in [-0.39, 0.29) is 24.6 Å². The van der Waals surface area contributed by atoms with Gasteiger partial charge < -0.3 is 24.8 Å². The van der Waals surface area contributed by atoms with Crippen LogP contribution in [0.1, 0.15) is 45.9 Å². The summed E-state index contributed by atoms with van der Waals surface area (Å²) < 4.78 is 7.29. The molecule has 5 rings (SSSR count). The molecule has 1 aliphatic rings. The average Bonchev–Trinajstić information content (AvgIpc) is 3.42. The second-order valence-corrected chi connectivity index (χ2v) is 10.1. The Morgan fingerprint density at radius 1 is 1.08 bits per heavy atom. The lowest BCUT2D eigenvalue weighted by Gasteiger charge is -2.29. The third-order valence-electron chi connectivity index (χ3n) is 7.16. The predicted octanol–water partition coefficient (Wildman–Crippen LogP) is 5.01. The lowest BCUT2D eigenvalue weighted by Crippen LogP contribution is -2.29. The van der Waals surface area contributed by atoms with Crippen LogP contribution in [0.4, 0.5) is 11.4 Å². The molecule has 1 fully saturated rings. The maximum absolute atomic E-state index is 12.1. The summed E-state index contributed by atoms with van der Waals surface area (Å²) in [6, 6.07) is 18.0. The van der Waals surface area contributed by atoms with E-state index < -0.39 is 0 Å². The second-order valence-electron chi connectivity index (χ2n) is 9.75. The molecule has 3 aromatic heterocycles. The van der Waals surface area contributed by atoms with E-state index in [9.17, 15) is 4.79 Å². The standard InChI is InChI=1S/C30H32N6O2S/c1-19-15-23(8-9-25(19)33-27(37)18-38-4)36-29(28(34-30(36)39)26-7-5-6-12-32-26)24-16-20(2)35(21(24)3)17-22-10-13-31-14-11-22/h5-16,28-29H,17-18H2,1-4H3,(H,33,37)(H,34,39). The van der Waals surface area contributed by atoms with Crippen molar-refractivity contribution < 1.29 is 9.53 Å². The zero-order valence-corrected chi connectivity index (χ0v) is 23.3. The number of carbonyl (C=O) groups excluding carboxylic acids is 1. The van der Waals surface area contributed by atoms with E-state index in [1.807, 2.05) is 68.0 Å². The average molecular weight is 541 g/mol. The molecule has 0 aliphatic carbocycles. The largest absolute Gasteiger partial charge is 0.375 e. The number of pyridine rings is 2. The first-order chi connectivity index (χ1) is 18.9. The van der Waals surface area contributed by atoms with Gasteiger partial charge >= 0.3 is 0 Å². The number of amides is 1. The molecule has 0 radical (unpaired) electrons. The number of carbonyl (C=O) groups is 1. The zero-order chi connectivity index (χ0) is 27.5. The number of rotatable bonds is 8. The smallest absolute Gasteiger partial charge is 0.250 e. The number of thiocarbonyl (C=S) groups is 1. The molecule has 9 heteroatoms. The summed E-state index contributed by atoms with van der Waals surface area (Å²) >= 11 is 5.93. The van der Waals surface area contributed by atoms with E-state index in [1.54, 1.807) is 0 Å². The fourth-order valence-corrected chi connectivity index (χ4v) is 5.59. The van der Waals surface area contributed by atoms with Gasteiger partial charge in [-0.25, -0.2) is 0 Å². The van der Waals surface area contributed by atoms with E-state index >= 15 is 0 Å². The molecular formula is C30H32N6O2S. The van der Waals surface area contributed by atoms with E-state index in [0.717, 1.165) is 29.2 Å². The number of anilines is 2. The third-order valence-corrected chi connectivity index (χ3v) is 7.47. The number of methoxy groups -OCH3 is 1. The van der Waals surface area contributed by atoms with Crippen molar-refractivity contribution in [2.75, 3.05) is 23.9 Å². The number of hydrogen-bond donors (Lipinski definition) is 2. The summed E-state index contributed by atoms with van der Waals surface area (Å²) in [4.78, 5) is 23.1. The number of nitrogens with zero attached hydrogens (tertiary/aromatic N) is 4. The van der Waals surface area contributed by atoms with Gasteiger partial charge in [0.15, 0.2) is 5.11 Å². The van der Waals surface area contributed by atoms with Gasteiger partial charge in [0, 0.05) is 55.0 Å². The Hall–Kier alpha value is -4.08. The van der Waals surface area contributed by atoms with Crippen molar-refractivity contribution in [3.8, 4) is 0 Å². The molecule has 0 bridgehead atoms. The van der Waals surface area contributed by atoms with Gasteiger partial charge in [-0.05, 0) is 98.2 Å². The lowest BCUT2D eigenvalue weighted by molar-refractivity contribution is -0.119. The molecular weight excluding hydrogens is 508 g/mol. The SMILES string of the molecule is COCC(=O)Nc1ccc(N2C(=S)NC(c3ccccn3)C2c2cc(C)n(Cc3ccncc3)c2C)cc1C. The summed E-state index contributed by atoms with van der Waals surface area (Å²) in [5, 5.41) is 7.09. The Morgan fingerprint density at radius 2 is 1.87 bits per heavy atom. The van der Waals surface area contributed by atoms with E-state index in [0.29, 0.717) is 5.11 Å². The Labute approximate surface area is 234 Å². The molecule has 2 N–H and O–H groups in total. The number of ether oxygens (including phenoxy) is 1. The first-order valence-electron chi connectivity index (χ1n) is 12.8. The molecule has 0 saturated carbocycles. The molecule has 2 unspecified atom stereocenters. The normalized spacial score (nSPS) is 16.8. The zero-order valence-electron chi connectivity index (χ0n) is 22.5. The van der Waals surface area contributed by atoms with Gasteiger partial charge in [-0.3, -0.25) is 14.8 Å². The molecule has 2 atom stereocenters. The Bertz CT molecular complexity index is 1490. The summed E-state index contributed by atoms with van der Waals surface area (Å²) in [6.45, 7) is 7.04. The second kappa shape index (κ2) is 11.3. The van der Waals surface area contributed by atoms with Gasteiger partial charge in [-0.15, -0.1) is 0 Å². The maximum atomic E-state index is 12.1. The Kier molecular flexibility index (Phi) is 7.72. The van der Waals surface area contributed by atoms with Crippen LogP contribution < -0.4 is 15.5 Å². The van der Waals surface area contributed by atoms with Crippen molar-refractivity contribution in [3.05, 3.63) is 107 Å². The number of benzene rings is 1. The number of nitrogens with one attached hydrogen (secondary N) is 2. The van der Waals surface area contributed by atoms with Crippen LogP contribution in [0.25, 0.3) is 0 Å². The van der Waals surface area contributed by atoms with Crippen LogP contribution in [0, 0.1) is 20.8 Å². The molecule has 1 aromatic carbocycles. The highest BCUT2D eigenvalue weighted by Crippen LogP contribution is 2.44. The molecule has 8 nitrogen and oxygen atoms in total. The van der Waals surface area contributed by atoms with Crippen LogP contribution in [0.3, 0.4) is 0 Å². The van der Waals surface area contributed by atoms with Crippen LogP contribution in [-0.2, 0) is 16.1 Å². The van der Waals surface area contributed by atoms with Crippen molar-refractivity contribution in [1.29, 1.82) is 0 Å². The first-order valence-corrected chi connectivity index (χ1v) is 13.2. The van der Waals surface area contributed by atoms with Crippen LogP contribution >= 0.6 is 12.2 Å². The predicted molar refractivity (Wildman–Crippen MR) is 157 cm³/mol. The molecule has 39 heavy (non-hydrogen) atoms. The minimum atomic E-state index is -0.193. The Morgan fingerprint density at radius 3 is 2.56 bits per heavy atom. The van der Waals surface area contributed by atoms with Crippen molar-refractivity contribution >= 4 is 34.6 Å². The van der Waals surface area contributed by atoms with Crippen LogP contribution in [-0.4, -0.2) is 39.3 Å². The van der Waals surface area contributed by atoms with Crippen LogP contribution in [0.15, 0.2) is 73.2 Å². The summed E-state index contributed by atoms with van der Waals surface area (Å²) in [6.07, 6.45) is 5.46. The van der Waals surface area contributed by atoms with Crippen molar-refractivity contribution in [2.24, 2.45) is 0 Å². The van der Waals surface area contributed by atoms with Crippen molar-refractivity contribution in [1.82, 2.24) is 19.9 Å². The fraction of sp³-hybridized carbons (Fsp3) is 0.267. The van der Waals surface area contributed by atoms with E-state index in [2.05, 4.69) is 56.0 Å². The molecule has 1 aliphatic heterocycles. The number of hydrogen-bond acceptors (Lipinski definition) is 5. The molecule has 1 amide bonds. The van der Waals surface area contributed by atoms with E-state index in [1.165, 1.54) is 29.6 Å².